The molecular weight excluding hydrogens is 80.0 g/mol. The Morgan fingerprint density at radius 1 is 1.67 bits per heavy atom. The van der Waals surface area contributed by atoms with Crippen molar-refractivity contribution < 1.29 is 9.84 Å². The van der Waals surface area contributed by atoms with Gasteiger partial charge in [-0.05, 0) is 0 Å². The lowest BCUT2D eigenvalue weighted by molar-refractivity contribution is 0.475. The lowest BCUT2D eigenvalue weighted by Gasteiger charge is -1.41. The second-order valence-electron chi connectivity index (χ2n) is 0.795. The molecule has 1 fully saturated rings. The summed E-state index contributed by atoms with van der Waals surface area (Å²) in [5.41, 5.74) is 0. The zero-order valence-corrected chi connectivity index (χ0v) is 3.55. The second-order valence-corrected chi connectivity index (χ2v) is 0.795. The standard InChI is InChI=1S/2C2H4O/c1-2-3-1;1-2-3/h1-2H2;2-3H,1H2. The minimum absolute atomic E-state index is 0.750. The van der Waals surface area contributed by atoms with E-state index in [2.05, 4.69) is 11.3 Å². The molecule has 1 rings (SSSR count). The molecule has 2 nitrogen and oxygen atoms in total. The molecule has 0 unspecified atom stereocenters. The largest absolute Gasteiger partial charge is 0.516 e. The van der Waals surface area contributed by atoms with Crippen LogP contribution in [0.25, 0.3) is 0 Å². The predicted octanol–water partition coefficient (Wildman–Crippen LogP) is 0.704. The number of aliphatic hydroxyl groups excluding tert-OH is 1. The van der Waals surface area contributed by atoms with Crippen molar-refractivity contribution in [3.63, 3.8) is 0 Å². The van der Waals surface area contributed by atoms with Crippen molar-refractivity contribution >= 4 is 0 Å². The van der Waals surface area contributed by atoms with Crippen LogP contribution in [-0.2, 0) is 4.74 Å². The minimum atomic E-state index is 0.750. The Morgan fingerprint density at radius 3 is 1.83 bits per heavy atom. The molecule has 0 radical (unpaired) electrons. The molecule has 0 spiro atoms. The number of epoxide rings is 1. The Hall–Kier alpha value is -0.500. The van der Waals surface area contributed by atoms with E-state index in [9.17, 15) is 0 Å². The highest BCUT2D eigenvalue weighted by Gasteiger charge is 1.94. The van der Waals surface area contributed by atoms with Gasteiger partial charge in [0.25, 0.3) is 0 Å². The first kappa shape index (κ1) is 5.50. The highest BCUT2D eigenvalue weighted by Crippen LogP contribution is 1.84. The number of aliphatic hydroxyl groups is 1. The molecule has 0 atom stereocenters. The van der Waals surface area contributed by atoms with Gasteiger partial charge in [0.15, 0.2) is 0 Å². The van der Waals surface area contributed by atoms with Crippen LogP contribution >= 0.6 is 0 Å². The van der Waals surface area contributed by atoms with Crippen LogP contribution in [0.3, 0.4) is 0 Å². The molecular formula is C4H8O2. The number of hydrogen-bond donors (Lipinski definition) is 1. The van der Waals surface area contributed by atoms with Crippen LogP contribution in [0.4, 0.5) is 0 Å². The normalized spacial score (nSPS) is 14.0. The smallest absolute Gasteiger partial charge is 0.0719 e. The highest BCUT2D eigenvalue weighted by molar-refractivity contribution is 4.38. The maximum atomic E-state index is 7.33. The molecule has 0 aliphatic carbocycles. The van der Waals surface area contributed by atoms with Crippen molar-refractivity contribution in [2.45, 2.75) is 0 Å². The van der Waals surface area contributed by atoms with Crippen LogP contribution in [0.2, 0.25) is 0 Å². The van der Waals surface area contributed by atoms with Crippen LogP contribution < -0.4 is 0 Å². The zero-order valence-electron chi connectivity index (χ0n) is 3.55. The molecule has 1 aliphatic rings. The van der Waals surface area contributed by atoms with E-state index in [1.54, 1.807) is 0 Å². The summed E-state index contributed by atoms with van der Waals surface area (Å²) in [7, 11) is 0. The molecule has 0 aromatic heterocycles. The van der Waals surface area contributed by atoms with Crippen molar-refractivity contribution in [3.05, 3.63) is 12.8 Å². The van der Waals surface area contributed by atoms with Gasteiger partial charge in [-0.1, -0.05) is 6.58 Å². The lowest BCUT2D eigenvalue weighted by Crippen LogP contribution is -1.25. The van der Waals surface area contributed by atoms with E-state index in [-0.39, 0.29) is 0 Å². The number of ether oxygens (including phenoxy) is 1. The molecule has 1 saturated heterocycles. The van der Waals surface area contributed by atoms with E-state index in [1.807, 2.05) is 0 Å². The van der Waals surface area contributed by atoms with Gasteiger partial charge < -0.3 is 9.84 Å². The molecule has 6 heavy (non-hydrogen) atoms. The average Bonchev–Trinajstić information content (AvgIpc) is 2.11. The molecule has 1 aliphatic heterocycles. The summed E-state index contributed by atoms with van der Waals surface area (Å²) in [6.45, 7) is 4.92. The van der Waals surface area contributed by atoms with Crippen molar-refractivity contribution in [3.8, 4) is 0 Å². The van der Waals surface area contributed by atoms with Gasteiger partial charge in [0.05, 0.1) is 19.5 Å². The molecule has 1 heterocycles. The first-order valence-electron chi connectivity index (χ1n) is 1.74. The van der Waals surface area contributed by atoms with Crippen LogP contribution in [-0.4, -0.2) is 18.3 Å². The van der Waals surface area contributed by atoms with Gasteiger partial charge in [0.2, 0.25) is 0 Å². The van der Waals surface area contributed by atoms with Crippen LogP contribution in [0.1, 0.15) is 0 Å². The topological polar surface area (TPSA) is 32.8 Å². The van der Waals surface area contributed by atoms with E-state index >= 15 is 0 Å². The summed E-state index contributed by atoms with van der Waals surface area (Å²) in [6.07, 6.45) is 0.750. The Kier molecular flexibility index (Phi) is 4.12. The van der Waals surface area contributed by atoms with Gasteiger partial charge in [0, 0.05) is 0 Å². The Bertz CT molecular complexity index is 29.8. The Labute approximate surface area is 37.1 Å². The number of rotatable bonds is 0. The second kappa shape index (κ2) is 4.50. The summed E-state index contributed by atoms with van der Waals surface area (Å²) < 4.78 is 4.50. The first-order chi connectivity index (χ1) is 2.91. The van der Waals surface area contributed by atoms with Gasteiger partial charge >= 0.3 is 0 Å². The molecule has 2 heteroatoms. The van der Waals surface area contributed by atoms with Crippen molar-refractivity contribution in [1.82, 2.24) is 0 Å². The third-order valence-corrected chi connectivity index (χ3v) is 0.204. The minimum Gasteiger partial charge on any atom is -0.516 e. The average molecular weight is 88.1 g/mol. The molecule has 1 N–H and O–H groups in total. The van der Waals surface area contributed by atoms with E-state index in [0.717, 1.165) is 19.5 Å². The first-order valence-corrected chi connectivity index (χ1v) is 1.74. The summed E-state index contributed by atoms with van der Waals surface area (Å²) >= 11 is 0. The quantitative estimate of drug-likeness (QED) is 0.349. The summed E-state index contributed by atoms with van der Waals surface area (Å²) in [4.78, 5) is 0. The molecule has 36 valence electrons. The van der Waals surface area contributed by atoms with Gasteiger partial charge in [-0.2, -0.15) is 0 Å². The maximum absolute atomic E-state index is 7.33. The molecule has 0 aromatic carbocycles. The van der Waals surface area contributed by atoms with E-state index < -0.39 is 0 Å². The van der Waals surface area contributed by atoms with E-state index in [0.29, 0.717) is 0 Å². The molecule has 0 aromatic rings. The van der Waals surface area contributed by atoms with Gasteiger partial charge in [-0.3, -0.25) is 0 Å². The number of hydrogen-bond acceptors (Lipinski definition) is 2. The van der Waals surface area contributed by atoms with Gasteiger partial charge in [-0.25, -0.2) is 0 Å². The van der Waals surface area contributed by atoms with Gasteiger partial charge in [-0.15, -0.1) is 0 Å². The van der Waals surface area contributed by atoms with E-state index in [1.165, 1.54) is 0 Å². The molecule has 0 saturated carbocycles. The monoisotopic (exact) mass is 88.1 g/mol. The van der Waals surface area contributed by atoms with Crippen LogP contribution in [0.15, 0.2) is 12.8 Å². The molecule has 0 bridgehead atoms. The van der Waals surface area contributed by atoms with Crippen molar-refractivity contribution in [2.24, 2.45) is 0 Å². The SMILES string of the molecule is C1CO1.C=CO. The summed E-state index contributed by atoms with van der Waals surface area (Å²) in [5.74, 6) is 0. The van der Waals surface area contributed by atoms with Crippen molar-refractivity contribution in [1.29, 1.82) is 0 Å². The third-order valence-electron chi connectivity index (χ3n) is 0.204. The predicted molar refractivity (Wildman–Crippen MR) is 23.6 cm³/mol. The van der Waals surface area contributed by atoms with Crippen molar-refractivity contribution in [2.75, 3.05) is 13.2 Å². The third kappa shape index (κ3) is 87.5. The Balaban J connectivity index is 0.0000000833. The van der Waals surface area contributed by atoms with Gasteiger partial charge in [0.1, 0.15) is 0 Å². The Morgan fingerprint density at radius 2 is 1.83 bits per heavy atom. The van der Waals surface area contributed by atoms with Crippen LogP contribution in [0, 0.1) is 0 Å². The fourth-order valence-corrected chi connectivity index (χ4v) is 0. The fraction of sp³-hybridized carbons (Fsp3) is 0.500. The lowest BCUT2D eigenvalue weighted by atomic mass is 11.0. The van der Waals surface area contributed by atoms with Crippen LogP contribution in [0.5, 0.6) is 0 Å². The molecule has 0 amide bonds. The fourth-order valence-electron chi connectivity index (χ4n) is 0. The summed E-state index contributed by atoms with van der Waals surface area (Å²) in [6, 6.07) is 0. The van der Waals surface area contributed by atoms with E-state index in [4.69, 9.17) is 5.11 Å². The maximum Gasteiger partial charge on any atom is 0.0719 e. The summed E-state index contributed by atoms with van der Waals surface area (Å²) in [5, 5.41) is 7.33. The highest BCUT2D eigenvalue weighted by atomic mass is 16.6. The zero-order chi connectivity index (χ0) is 4.83.